The first-order valence-corrected chi connectivity index (χ1v) is 4.08. The fraction of sp³-hybridized carbons (Fsp3) is 0.875. The molecule has 0 saturated carbocycles. The van der Waals surface area contributed by atoms with E-state index in [1.807, 2.05) is 0 Å². The number of rotatable bonds is 0. The van der Waals surface area contributed by atoms with Crippen LogP contribution >= 0.6 is 0 Å². The van der Waals surface area contributed by atoms with E-state index in [1.54, 1.807) is 6.92 Å². The second kappa shape index (κ2) is 1.97. The highest BCUT2D eigenvalue weighted by Gasteiger charge is 2.40. The Labute approximate surface area is 61.2 Å². The Morgan fingerprint density at radius 1 is 1.20 bits per heavy atom. The predicted molar refractivity (Wildman–Crippen MR) is 38.6 cm³/mol. The van der Waals surface area contributed by atoms with Crippen molar-refractivity contribution >= 4 is 5.91 Å². The molecule has 10 heavy (non-hydrogen) atoms. The highest BCUT2D eigenvalue weighted by atomic mass is 16.2. The number of hydrogen-bond donors (Lipinski definition) is 0. The molecule has 2 nitrogen and oxygen atoms in total. The molecule has 1 amide bonds. The molecule has 2 fully saturated rings. The maximum absolute atomic E-state index is 11.0. The van der Waals surface area contributed by atoms with Gasteiger partial charge in [-0.1, -0.05) is 0 Å². The third-order valence-corrected chi connectivity index (χ3v) is 2.82. The zero-order chi connectivity index (χ0) is 7.14. The second-order valence-electron chi connectivity index (χ2n) is 3.39. The van der Waals surface area contributed by atoms with E-state index in [2.05, 4.69) is 4.90 Å². The van der Waals surface area contributed by atoms with Gasteiger partial charge >= 0.3 is 0 Å². The molecule has 0 aromatic carbocycles. The summed E-state index contributed by atoms with van der Waals surface area (Å²) in [7, 11) is 0. The largest absolute Gasteiger partial charge is 0.337 e. The van der Waals surface area contributed by atoms with Gasteiger partial charge in [-0.2, -0.15) is 0 Å². The molecule has 2 heteroatoms. The summed E-state index contributed by atoms with van der Waals surface area (Å²) in [5, 5.41) is 0. The lowest BCUT2D eigenvalue weighted by atomic mass is 10.0. The van der Waals surface area contributed by atoms with E-state index in [0.717, 1.165) is 0 Å². The molecule has 0 N–H and O–H groups in total. The zero-order valence-electron chi connectivity index (χ0n) is 6.34. The smallest absolute Gasteiger partial charge is 0.219 e. The van der Waals surface area contributed by atoms with Crippen molar-refractivity contribution in [3.8, 4) is 0 Å². The summed E-state index contributed by atoms with van der Waals surface area (Å²) >= 11 is 0. The normalized spacial score (nSPS) is 37.1. The standard InChI is InChI=1S/C8H13NO/c1-6(10)9-7-2-3-8(9)5-4-7/h7-8H,2-5H2,1H3. The Morgan fingerprint density at radius 2 is 1.60 bits per heavy atom. The van der Waals surface area contributed by atoms with E-state index >= 15 is 0 Å². The van der Waals surface area contributed by atoms with Crippen LogP contribution in [0.25, 0.3) is 0 Å². The van der Waals surface area contributed by atoms with Crippen LogP contribution in [-0.4, -0.2) is 22.9 Å². The SMILES string of the molecule is CC(=O)N1C2CCC1CC2. The van der Waals surface area contributed by atoms with Crippen LogP contribution in [0.3, 0.4) is 0 Å². The molecule has 2 aliphatic heterocycles. The van der Waals surface area contributed by atoms with Crippen LogP contribution in [0.4, 0.5) is 0 Å². The number of hydrogen-bond acceptors (Lipinski definition) is 1. The Bertz CT molecular complexity index is 147. The van der Waals surface area contributed by atoms with E-state index in [9.17, 15) is 4.79 Å². The van der Waals surface area contributed by atoms with Gasteiger partial charge in [0, 0.05) is 19.0 Å². The number of amides is 1. The third kappa shape index (κ3) is 0.678. The molecule has 0 radical (unpaired) electrons. The number of carbonyl (C=O) groups excluding carboxylic acids is 1. The maximum atomic E-state index is 11.0. The molecule has 0 aliphatic carbocycles. The summed E-state index contributed by atoms with van der Waals surface area (Å²) < 4.78 is 0. The van der Waals surface area contributed by atoms with Gasteiger partial charge in [-0.05, 0) is 25.7 Å². The quantitative estimate of drug-likeness (QED) is 0.493. The van der Waals surface area contributed by atoms with E-state index in [4.69, 9.17) is 0 Å². The molecule has 2 rings (SSSR count). The lowest BCUT2D eigenvalue weighted by Crippen LogP contribution is -2.32. The Kier molecular flexibility index (Phi) is 1.22. The van der Waals surface area contributed by atoms with Gasteiger partial charge in [0.15, 0.2) is 0 Å². The van der Waals surface area contributed by atoms with Gasteiger partial charge in [-0.3, -0.25) is 4.79 Å². The molecule has 0 unspecified atom stereocenters. The minimum Gasteiger partial charge on any atom is -0.337 e. The number of nitrogens with zero attached hydrogens (tertiary/aromatic N) is 1. The number of carbonyl (C=O) groups is 1. The topological polar surface area (TPSA) is 20.3 Å². The van der Waals surface area contributed by atoms with Gasteiger partial charge in [-0.15, -0.1) is 0 Å². The summed E-state index contributed by atoms with van der Waals surface area (Å²) in [6, 6.07) is 1.23. The lowest BCUT2D eigenvalue weighted by Gasteiger charge is -2.19. The molecule has 2 saturated heterocycles. The lowest BCUT2D eigenvalue weighted by molar-refractivity contribution is -0.129. The Hall–Kier alpha value is -0.530. The molecule has 0 atom stereocenters. The zero-order valence-corrected chi connectivity index (χ0v) is 6.34. The van der Waals surface area contributed by atoms with Crippen molar-refractivity contribution in [2.45, 2.75) is 44.7 Å². The molecular weight excluding hydrogens is 126 g/mol. The molecule has 0 spiro atoms. The monoisotopic (exact) mass is 139 g/mol. The van der Waals surface area contributed by atoms with E-state index < -0.39 is 0 Å². The van der Waals surface area contributed by atoms with E-state index in [1.165, 1.54) is 25.7 Å². The Balaban J connectivity index is 2.16. The van der Waals surface area contributed by atoms with Gasteiger partial charge in [-0.25, -0.2) is 0 Å². The third-order valence-electron chi connectivity index (χ3n) is 2.82. The first-order valence-electron chi connectivity index (χ1n) is 4.08. The van der Waals surface area contributed by atoms with Crippen molar-refractivity contribution in [2.24, 2.45) is 0 Å². The fourth-order valence-electron chi connectivity index (χ4n) is 2.43. The minimum absolute atomic E-state index is 0.282. The van der Waals surface area contributed by atoms with Gasteiger partial charge in [0.05, 0.1) is 0 Å². The van der Waals surface area contributed by atoms with E-state index in [0.29, 0.717) is 12.1 Å². The van der Waals surface area contributed by atoms with Crippen LogP contribution in [0.2, 0.25) is 0 Å². The Morgan fingerprint density at radius 3 is 1.80 bits per heavy atom. The fourth-order valence-corrected chi connectivity index (χ4v) is 2.43. The van der Waals surface area contributed by atoms with Crippen LogP contribution in [-0.2, 0) is 4.79 Å². The summed E-state index contributed by atoms with van der Waals surface area (Å²) in [5.41, 5.74) is 0. The second-order valence-corrected chi connectivity index (χ2v) is 3.39. The van der Waals surface area contributed by atoms with Crippen molar-refractivity contribution in [3.05, 3.63) is 0 Å². The summed E-state index contributed by atoms with van der Waals surface area (Å²) in [4.78, 5) is 13.1. The van der Waals surface area contributed by atoms with Gasteiger partial charge in [0.25, 0.3) is 0 Å². The molecule has 2 aliphatic rings. The summed E-state index contributed by atoms with van der Waals surface area (Å²) in [6.45, 7) is 1.69. The molecule has 0 aromatic heterocycles. The first-order chi connectivity index (χ1) is 4.79. The van der Waals surface area contributed by atoms with Crippen LogP contribution in [0.15, 0.2) is 0 Å². The average molecular weight is 139 g/mol. The van der Waals surface area contributed by atoms with Crippen molar-refractivity contribution < 1.29 is 4.79 Å². The van der Waals surface area contributed by atoms with E-state index in [-0.39, 0.29) is 5.91 Å². The van der Waals surface area contributed by atoms with Crippen LogP contribution < -0.4 is 0 Å². The molecule has 2 heterocycles. The highest BCUT2D eigenvalue weighted by Crippen LogP contribution is 2.36. The molecule has 56 valence electrons. The van der Waals surface area contributed by atoms with Crippen LogP contribution in [0.1, 0.15) is 32.6 Å². The number of fused-ring (bicyclic) bond motifs is 2. The maximum Gasteiger partial charge on any atom is 0.219 e. The highest BCUT2D eigenvalue weighted by molar-refractivity contribution is 5.74. The minimum atomic E-state index is 0.282. The summed E-state index contributed by atoms with van der Waals surface area (Å²) in [6.07, 6.45) is 5.02. The van der Waals surface area contributed by atoms with Crippen LogP contribution in [0.5, 0.6) is 0 Å². The van der Waals surface area contributed by atoms with Gasteiger partial charge < -0.3 is 4.90 Å². The predicted octanol–water partition coefficient (Wildman–Crippen LogP) is 1.16. The van der Waals surface area contributed by atoms with Crippen molar-refractivity contribution in [3.63, 3.8) is 0 Å². The molecule has 0 aromatic rings. The van der Waals surface area contributed by atoms with Gasteiger partial charge in [0.2, 0.25) is 5.91 Å². The van der Waals surface area contributed by atoms with Crippen LogP contribution in [0, 0.1) is 0 Å². The van der Waals surface area contributed by atoms with Crippen molar-refractivity contribution in [1.82, 2.24) is 4.90 Å². The summed E-state index contributed by atoms with van der Waals surface area (Å²) in [5.74, 6) is 0.282. The first kappa shape index (κ1) is 6.20. The van der Waals surface area contributed by atoms with Crippen molar-refractivity contribution in [2.75, 3.05) is 0 Å². The van der Waals surface area contributed by atoms with Gasteiger partial charge in [0.1, 0.15) is 0 Å². The van der Waals surface area contributed by atoms with Crippen molar-refractivity contribution in [1.29, 1.82) is 0 Å². The average Bonchev–Trinajstić information content (AvgIpc) is 2.43. The molecule has 2 bridgehead atoms. The molecular formula is C8H13NO.